The molecule has 1 saturated heterocycles. The molecule has 0 radical (unpaired) electrons. The Labute approximate surface area is 141 Å². The van der Waals surface area contributed by atoms with Gasteiger partial charge in [0.2, 0.25) is 5.91 Å². The third-order valence-corrected chi connectivity index (χ3v) is 4.60. The van der Waals surface area contributed by atoms with Crippen LogP contribution in [0.5, 0.6) is 0 Å². The summed E-state index contributed by atoms with van der Waals surface area (Å²) in [4.78, 5) is 25.9. The number of rotatable bonds is 3. The van der Waals surface area contributed by atoms with Crippen LogP contribution in [0.3, 0.4) is 0 Å². The number of hydrogen-bond donors (Lipinski definition) is 1. The number of nitrogens with zero attached hydrogens (tertiary/aromatic N) is 3. The van der Waals surface area contributed by atoms with E-state index in [1.807, 2.05) is 38.1 Å². The minimum atomic E-state index is -0.334. The fourth-order valence-electron chi connectivity index (χ4n) is 3.20. The molecule has 2 N–H and O–H groups in total. The van der Waals surface area contributed by atoms with Crippen LogP contribution in [-0.2, 0) is 4.79 Å². The molecule has 1 aromatic carbocycles. The molecule has 1 aliphatic heterocycles. The van der Waals surface area contributed by atoms with E-state index < -0.39 is 0 Å². The van der Waals surface area contributed by atoms with E-state index in [0.29, 0.717) is 18.7 Å². The van der Waals surface area contributed by atoms with Gasteiger partial charge in [-0.15, -0.1) is 0 Å². The highest BCUT2D eigenvalue weighted by molar-refractivity contribution is 5.95. The molecule has 0 spiro atoms. The van der Waals surface area contributed by atoms with Crippen molar-refractivity contribution in [3.63, 3.8) is 0 Å². The average molecular weight is 326 g/mol. The van der Waals surface area contributed by atoms with E-state index in [1.54, 1.807) is 15.8 Å². The fourth-order valence-corrected chi connectivity index (χ4v) is 3.20. The van der Waals surface area contributed by atoms with E-state index in [4.69, 9.17) is 5.73 Å². The molecule has 6 nitrogen and oxygen atoms in total. The molecule has 1 fully saturated rings. The van der Waals surface area contributed by atoms with Gasteiger partial charge in [-0.05, 0) is 44.4 Å². The zero-order valence-corrected chi connectivity index (χ0v) is 14.0. The van der Waals surface area contributed by atoms with Gasteiger partial charge in [0, 0.05) is 13.1 Å². The Bertz CT molecular complexity index is 781. The number of aromatic nitrogens is 2. The van der Waals surface area contributed by atoms with Crippen LogP contribution in [-0.4, -0.2) is 39.6 Å². The number of aryl methyl sites for hydroxylation is 1. The highest BCUT2D eigenvalue weighted by Gasteiger charge is 2.29. The van der Waals surface area contributed by atoms with Crippen LogP contribution in [0.1, 0.15) is 34.5 Å². The van der Waals surface area contributed by atoms with Crippen molar-refractivity contribution in [3.05, 3.63) is 47.3 Å². The minimum Gasteiger partial charge on any atom is -0.369 e. The Morgan fingerprint density at radius 1 is 1.29 bits per heavy atom. The van der Waals surface area contributed by atoms with Gasteiger partial charge in [0.25, 0.3) is 5.91 Å². The van der Waals surface area contributed by atoms with Crippen LogP contribution in [0.25, 0.3) is 5.69 Å². The van der Waals surface area contributed by atoms with Crippen molar-refractivity contribution in [2.75, 3.05) is 13.1 Å². The number of piperidine rings is 1. The lowest BCUT2D eigenvalue weighted by Crippen LogP contribution is -2.44. The molecule has 0 bridgehead atoms. The molecule has 0 aliphatic carbocycles. The second kappa shape index (κ2) is 6.47. The van der Waals surface area contributed by atoms with Gasteiger partial charge < -0.3 is 10.6 Å². The van der Waals surface area contributed by atoms with Gasteiger partial charge >= 0.3 is 0 Å². The SMILES string of the molecule is Cc1cccc(-n2ncc(C(=O)N3CCCC(C(N)=O)C3)c2C)c1. The van der Waals surface area contributed by atoms with Gasteiger partial charge in [0.1, 0.15) is 0 Å². The second-order valence-electron chi connectivity index (χ2n) is 6.39. The summed E-state index contributed by atoms with van der Waals surface area (Å²) in [5.74, 6) is -0.674. The average Bonchev–Trinajstić information content (AvgIpc) is 2.96. The molecule has 2 heterocycles. The van der Waals surface area contributed by atoms with Crippen molar-refractivity contribution in [1.82, 2.24) is 14.7 Å². The lowest BCUT2D eigenvalue weighted by Gasteiger charge is -2.31. The molecular formula is C18H22N4O2. The van der Waals surface area contributed by atoms with Crippen molar-refractivity contribution in [3.8, 4) is 5.69 Å². The van der Waals surface area contributed by atoms with Crippen molar-refractivity contribution in [2.45, 2.75) is 26.7 Å². The number of nitrogens with two attached hydrogens (primary N) is 1. The number of hydrogen-bond acceptors (Lipinski definition) is 3. The number of likely N-dealkylation sites (tertiary alicyclic amines) is 1. The van der Waals surface area contributed by atoms with Gasteiger partial charge in [-0.2, -0.15) is 5.10 Å². The molecule has 2 amide bonds. The molecule has 1 aliphatic rings. The number of carbonyl (C=O) groups excluding carboxylic acids is 2. The van der Waals surface area contributed by atoms with Gasteiger partial charge in [-0.1, -0.05) is 12.1 Å². The molecular weight excluding hydrogens is 304 g/mol. The van der Waals surface area contributed by atoms with Crippen molar-refractivity contribution >= 4 is 11.8 Å². The minimum absolute atomic E-state index is 0.0858. The predicted molar refractivity (Wildman–Crippen MR) is 90.9 cm³/mol. The van der Waals surface area contributed by atoms with E-state index in [9.17, 15) is 9.59 Å². The third kappa shape index (κ3) is 3.04. The predicted octanol–water partition coefficient (Wildman–Crippen LogP) is 1.83. The van der Waals surface area contributed by atoms with Gasteiger partial charge in [0.05, 0.1) is 29.1 Å². The fraction of sp³-hybridized carbons (Fsp3) is 0.389. The molecule has 6 heteroatoms. The second-order valence-corrected chi connectivity index (χ2v) is 6.39. The summed E-state index contributed by atoms with van der Waals surface area (Å²) in [6, 6.07) is 7.98. The Kier molecular flexibility index (Phi) is 4.38. The van der Waals surface area contributed by atoms with Crippen LogP contribution in [0, 0.1) is 19.8 Å². The molecule has 1 atom stereocenters. The van der Waals surface area contributed by atoms with Crippen LogP contribution in [0.15, 0.2) is 30.5 Å². The van der Waals surface area contributed by atoms with Crippen molar-refractivity contribution in [2.24, 2.45) is 11.7 Å². The first-order chi connectivity index (χ1) is 11.5. The largest absolute Gasteiger partial charge is 0.369 e. The highest BCUT2D eigenvalue weighted by Crippen LogP contribution is 2.21. The van der Waals surface area contributed by atoms with Gasteiger partial charge in [0.15, 0.2) is 0 Å². The molecule has 126 valence electrons. The normalized spacial score (nSPS) is 17.8. The van der Waals surface area contributed by atoms with E-state index in [2.05, 4.69) is 5.10 Å². The maximum atomic E-state index is 12.8. The number of primary amides is 1. The molecule has 2 aromatic rings. The summed E-state index contributed by atoms with van der Waals surface area (Å²) in [6.07, 6.45) is 3.15. The van der Waals surface area contributed by atoms with Crippen LogP contribution < -0.4 is 5.73 Å². The maximum absolute atomic E-state index is 12.8. The molecule has 24 heavy (non-hydrogen) atoms. The zero-order chi connectivity index (χ0) is 17.3. The summed E-state index contributed by atoms with van der Waals surface area (Å²) in [6.45, 7) is 4.95. The number of amides is 2. The first-order valence-electron chi connectivity index (χ1n) is 8.17. The Hall–Kier alpha value is -2.63. The van der Waals surface area contributed by atoms with E-state index >= 15 is 0 Å². The molecule has 1 unspecified atom stereocenters. The van der Waals surface area contributed by atoms with Crippen LogP contribution >= 0.6 is 0 Å². The van der Waals surface area contributed by atoms with Gasteiger partial charge in [-0.25, -0.2) is 4.68 Å². The van der Waals surface area contributed by atoms with Crippen LogP contribution in [0.4, 0.5) is 0 Å². The Morgan fingerprint density at radius 3 is 2.79 bits per heavy atom. The lowest BCUT2D eigenvalue weighted by molar-refractivity contribution is -0.123. The van der Waals surface area contributed by atoms with Crippen LogP contribution in [0.2, 0.25) is 0 Å². The smallest absolute Gasteiger partial charge is 0.257 e. The standard InChI is InChI=1S/C18H22N4O2/c1-12-5-3-7-15(9-12)22-13(2)16(10-20-22)18(24)21-8-4-6-14(11-21)17(19)23/h3,5,7,9-10,14H,4,6,8,11H2,1-2H3,(H2,19,23). The first kappa shape index (κ1) is 16.2. The van der Waals surface area contributed by atoms with E-state index in [1.165, 1.54) is 0 Å². The topological polar surface area (TPSA) is 81.2 Å². The third-order valence-electron chi connectivity index (χ3n) is 4.60. The monoisotopic (exact) mass is 326 g/mol. The lowest BCUT2D eigenvalue weighted by atomic mass is 9.97. The molecule has 3 rings (SSSR count). The van der Waals surface area contributed by atoms with E-state index in [0.717, 1.165) is 29.8 Å². The summed E-state index contributed by atoms with van der Waals surface area (Å²) < 4.78 is 1.77. The number of benzene rings is 1. The number of carbonyl (C=O) groups is 2. The summed E-state index contributed by atoms with van der Waals surface area (Å²) >= 11 is 0. The summed E-state index contributed by atoms with van der Waals surface area (Å²) in [5, 5.41) is 4.37. The zero-order valence-electron chi connectivity index (χ0n) is 14.0. The van der Waals surface area contributed by atoms with Crippen molar-refractivity contribution in [1.29, 1.82) is 0 Å². The summed E-state index contributed by atoms with van der Waals surface area (Å²) in [7, 11) is 0. The summed E-state index contributed by atoms with van der Waals surface area (Å²) in [5.41, 5.74) is 8.83. The maximum Gasteiger partial charge on any atom is 0.257 e. The molecule has 0 saturated carbocycles. The van der Waals surface area contributed by atoms with Crippen molar-refractivity contribution < 1.29 is 9.59 Å². The quantitative estimate of drug-likeness (QED) is 0.934. The Morgan fingerprint density at radius 2 is 2.08 bits per heavy atom. The molecule has 1 aromatic heterocycles. The highest BCUT2D eigenvalue weighted by atomic mass is 16.2. The Balaban J connectivity index is 1.85. The van der Waals surface area contributed by atoms with Gasteiger partial charge in [-0.3, -0.25) is 9.59 Å². The first-order valence-corrected chi connectivity index (χ1v) is 8.17. The van der Waals surface area contributed by atoms with E-state index in [-0.39, 0.29) is 17.7 Å².